The van der Waals surface area contributed by atoms with E-state index in [1.165, 1.54) is 56.9 Å². The highest BCUT2D eigenvalue weighted by atomic mass is 16.7. The predicted molar refractivity (Wildman–Crippen MR) is 158 cm³/mol. The first kappa shape index (κ1) is 30.5. The first-order chi connectivity index (χ1) is 19.9. The third-order valence-corrected chi connectivity index (χ3v) is 7.99. The summed E-state index contributed by atoms with van der Waals surface area (Å²) in [5, 5.41) is 0. The lowest BCUT2D eigenvalue weighted by Crippen LogP contribution is -2.31. The lowest BCUT2D eigenvalue weighted by atomic mass is 9.77. The van der Waals surface area contributed by atoms with Crippen molar-refractivity contribution in [2.75, 3.05) is 33.0 Å². The number of rotatable bonds is 14. The maximum absolute atomic E-state index is 11.7. The minimum Gasteiger partial charge on any atom is -0.489 e. The van der Waals surface area contributed by atoms with Crippen LogP contribution in [0.5, 0.6) is 11.5 Å². The van der Waals surface area contributed by atoms with Gasteiger partial charge in [-0.25, -0.2) is 9.59 Å². The second-order valence-electron chi connectivity index (χ2n) is 11.3. The molecule has 0 bridgehead atoms. The second-order valence-corrected chi connectivity index (χ2v) is 11.3. The molecule has 2 aliphatic rings. The topological polar surface area (TPSA) is 80.3 Å². The normalized spacial score (nSPS) is 19.1. The largest absolute Gasteiger partial charge is 0.508 e. The average molecular weight is 565 g/mol. The minimum absolute atomic E-state index is 0.0734. The number of esters is 1. The maximum atomic E-state index is 11.7. The number of cyclic esters (lactones) is 2. The van der Waals surface area contributed by atoms with Crippen LogP contribution in [0.2, 0.25) is 0 Å². The van der Waals surface area contributed by atoms with Crippen LogP contribution in [0.3, 0.4) is 0 Å². The molecule has 0 aromatic heterocycles. The summed E-state index contributed by atoms with van der Waals surface area (Å²) < 4.78 is 27.1. The van der Waals surface area contributed by atoms with Crippen molar-refractivity contribution in [3.05, 3.63) is 60.2 Å². The van der Waals surface area contributed by atoms with E-state index in [1.54, 1.807) is 6.92 Å². The molecule has 222 valence electrons. The van der Waals surface area contributed by atoms with Crippen LogP contribution in [-0.4, -0.2) is 45.2 Å². The lowest BCUT2D eigenvalue weighted by Gasteiger charge is -2.29. The SMILES string of the molecule is C=C(C)C(=O)OCCOc1cc(-c2ccc(C3CCC(CCCCC)CC3)cc2)ccc1OCC1COC(=O)OC1. The average Bonchev–Trinajstić information content (AvgIpc) is 3.00. The lowest BCUT2D eigenvalue weighted by molar-refractivity contribution is -0.139. The third kappa shape index (κ3) is 9.27. The number of carbonyl (C=O) groups is 2. The van der Waals surface area contributed by atoms with E-state index in [-0.39, 0.29) is 32.3 Å². The Morgan fingerprint density at radius 2 is 1.59 bits per heavy atom. The fraction of sp³-hybridized carbons (Fsp3) is 0.529. The Kier molecular flexibility index (Phi) is 11.5. The molecule has 0 radical (unpaired) electrons. The molecule has 0 atom stereocenters. The summed E-state index contributed by atoms with van der Waals surface area (Å²) in [6, 6.07) is 14.7. The quantitative estimate of drug-likeness (QED) is 0.131. The molecule has 0 unspecified atom stereocenters. The fourth-order valence-corrected chi connectivity index (χ4v) is 5.51. The Hall–Kier alpha value is -3.48. The summed E-state index contributed by atoms with van der Waals surface area (Å²) in [5.41, 5.74) is 3.87. The summed E-state index contributed by atoms with van der Waals surface area (Å²) in [5.74, 6) is 2.14. The van der Waals surface area contributed by atoms with Crippen LogP contribution < -0.4 is 9.47 Å². The standard InChI is InChI=1S/C34H44O7/c1-4-5-6-7-25-8-10-27(11-9-25)28-12-14-29(15-13-28)30-16-17-31(39-21-26-22-40-34(36)41-23-26)32(20-30)37-18-19-38-33(35)24(2)3/h12-17,20,25-27H,2,4-11,18-19,21-23H2,1,3H3. The molecule has 1 aliphatic carbocycles. The van der Waals surface area contributed by atoms with Crippen molar-refractivity contribution in [2.24, 2.45) is 11.8 Å². The summed E-state index contributed by atoms with van der Waals surface area (Å²) >= 11 is 0. The zero-order valence-electron chi connectivity index (χ0n) is 24.5. The zero-order valence-corrected chi connectivity index (χ0v) is 24.5. The van der Waals surface area contributed by atoms with Crippen molar-refractivity contribution < 1.29 is 33.3 Å². The van der Waals surface area contributed by atoms with Gasteiger partial charge in [0, 0.05) is 5.57 Å². The second kappa shape index (κ2) is 15.5. The van der Waals surface area contributed by atoms with E-state index in [9.17, 15) is 9.59 Å². The van der Waals surface area contributed by atoms with Crippen LogP contribution in [0.15, 0.2) is 54.6 Å². The predicted octanol–water partition coefficient (Wildman–Crippen LogP) is 7.87. The smallest absolute Gasteiger partial charge is 0.489 e. The highest BCUT2D eigenvalue weighted by Crippen LogP contribution is 2.39. The first-order valence-corrected chi connectivity index (χ1v) is 15.0. The third-order valence-electron chi connectivity index (χ3n) is 7.99. The molecule has 0 N–H and O–H groups in total. The summed E-state index contributed by atoms with van der Waals surface area (Å²) in [7, 11) is 0. The van der Waals surface area contributed by atoms with Gasteiger partial charge in [-0.15, -0.1) is 0 Å². The van der Waals surface area contributed by atoms with E-state index in [0.717, 1.165) is 17.0 Å². The molecule has 7 nitrogen and oxygen atoms in total. The number of benzene rings is 2. The molecule has 0 amide bonds. The van der Waals surface area contributed by atoms with Crippen LogP contribution in [0.4, 0.5) is 4.79 Å². The van der Waals surface area contributed by atoms with Gasteiger partial charge in [0.25, 0.3) is 0 Å². The molecule has 1 saturated carbocycles. The van der Waals surface area contributed by atoms with Gasteiger partial charge in [-0.05, 0) is 73.3 Å². The molecule has 1 saturated heterocycles. The van der Waals surface area contributed by atoms with Gasteiger partial charge >= 0.3 is 12.1 Å². The number of unbranched alkanes of at least 4 members (excludes halogenated alkanes) is 2. The molecule has 2 aromatic carbocycles. The molecule has 0 spiro atoms. The van der Waals surface area contributed by atoms with E-state index < -0.39 is 12.1 Å². The number of carbonyl (C=O) groups excluding carboxylic acids is 2. The highest BCUT2D eigenvalue weighted by molar-refractivity contribution is 5.86. The van der Waals surface area contributed by atoms with Crippen LogP contribution in [0.1, 0.15) is 76.7 Å². The Bertz CT molecular complexity index is 1140. The van der Waals surface area contributed by atoms with E-state index in [0.29, 0.717) is 29.6 Å². The van der Waals surface area contributed by atoms with Gasteiger partial charge in [0.2, 0.25) is 0 Å². The van der Waals surface area contributed by atoms with Crippen LogP contribution in [0, 0.1) is 11.8 Å². The van der Waals surface area contributed by atoms with E-state index in [2.05, 4.69) is 37.8 Å². The molecule has 1 heterocycles. The van der Waals surface area contributed by atoms with Gasteiger partial charge in [-0.2, -0.15) is 0 Å². The zero-order chi connectivity index (χ0) is 29.0. The highest BCUT2D eigenvalue weighted by Gasteiger charge is 2.23. The number of ether oxygens (including phenoxy) is 5. The summed E-state index contributed by atoms with van der Waals surface area (Å²) in [6.45, 7) is 8.55. The van der Waals surface area contributed by atoms with Gasteiger partial charge < -0.3 is 23.7 Å². The van der Waals surface area contributed by atoms with Crippen molar-refractivity contribution in [1.29, 1.82) is 0 Å². The van der Waals surface area contributed by atoms with Crippen molar-refractivity contribution >= 4 is 12.1 Å². The van der Waals surface area contributed by atoms with E-state index >= 15 is 0 Å². The number of hydrogen-bond acceptors (Lipinski definition) is 7. The van der Waals surface area contributed by atoms with E-state index in [1.807, 2.05) is 18.2 Å². The monoisotopic (exact) mass is 564 g/mol. The molecular weight excluding hydrogens is 520 g/mol. The number of hydrogen-bond donors (Lipinski definition) is 0. The molecule has 1 aliphatic heterocycles. The molecule has 2 aromatic rings. The van der Waals surface area contributed by atoms with Crippen molar-refractivity contribution in [2.45, 2.75) is 71.1 Å². The van der Waals surface area contributed by atoms with Gasteiger partial charge in [-0.1, -0.05) is 69.5 Å². The summed E-state index contributed by atoms with van der Waals surface area (Å²) in [6.07, 6.45) is 10.0. The molecule has 4 rings (SSSR count). The van der Waals surface area contributed by atoms with E-state index in [4.69, 9.17) is 23.7 Å². The van der Waals surface area contributed by atoms with Crippen molar-refractivity contribution in [1.82, 2.24) is 0 Å². The van der Waals surface area contributed by atoms with Crippen LogP contribution >= 0.6 is 0 Å². The first-order valence-electron chi connectivity index (χ1n) is 15.0. The van der Waals surface area contributed by atoms with Crippen molar-refractivity contribution in [3.8, 4) is 22.6 Å². The Morgan fingerprint density at radius 3 is 2.27 bits per heavy atom. The van der Waals surface area contributed by atoms with Gasteiger partial charge in [0.15, 0.2) is 11.5 Å². The minimum atomic E-state index is -0.653. The molecule has 2 fully saturated rings. The van der Waals surface area contributed by atoms with Gasteiger partial charge in [0.05, 0.1) is 12.5 Å². The molecule has 41 heavy (non-hydrogen) atoms. The summed E-state index contributed by atoms with van der Waals surface area (Å²) in [4.78, 5) is 22.9. The van der Waals surface area contributed by atoms with Gasteiger partial charge in [0.1, 0.15) is 26.4 Å². The molecule has 7 heteroatoms. The van der Waals surface area contributed by atoms with Crippen LogP contribution in [0.25, 0.3) is 11.1 Å². The fourth-order valence-electron chi connectivity index (χ4n) is 5.51. The Morgan fingerprint density at radius 1 is 0.878 bits per heavy atom. The maximum Gasteiger partial charge on any atom is 0.508 e. The Labute approximate surface area is 244 Å². The van der Waals surface area contributed by atoms with Gasteiger partial charge in [-0.3, -0.25) is 0 Å². The van der Waals surface area contributed by atoms with Crippen LogP contribution in [-0.2, 0) is 19.0 Å². The molecular formula is C34H44O7. The van der Waals surface area contributed by atoms with Crippen molar-refractivity contribution in [3.63, 3.8) is 0 Å². The Balaban J connectivity index is 1.39.